The van der Waals surface area contributed by atoms with Crippen molar-refractivity contribution in [2.75, 3.05) is 18.5 Å². The highest BCUT2D eigenvalue weighted by molar-refractivity contribution is 5.94. The highest BCUT2D eigenvalue weighted by Crippen LogP contribution is 2.22. The van der Waals surface area contributed by atoms with Gasteiger partial charge in [-0.15, -0.1) is 0 Å². The molecule has 0 radical (unpaired) electrons. The molecule has 0 spiro atoms. The van der Waals surface area contributed by atoms with E-state index in [9.17, 15) is 24.1 Å². The molecule has 0 saturated heterocycles. The number of hydrogen-bond donors (Lipinski definition) is 1. The minimum absolute atomic E-state index is 0.0174. The molecule has 1 amide bonds. The van der Waals surface area contributed by atoms with Crippen LogP contribution in [0, 0.1) is 15.9 Å². The van der Waals surface area contributed by atoms with Crippen molar-refractivity contribution in [3.63, 3.8) is 0 Å². The second-order valence-corrected chi connectivity index (χ2v) is 4.70. The largest absolute Gasteiger partial charge is 0.479 e. The van der Waals surface area contributed by atoms with Gasteiger partial charge in [0.05, 0.1) is 4.92 Å². The molecule has 9 heteroatoms. The molecular weight excluding hydrogens is 335 g/mol. The predicted octanol–water partition coefficient (Wildman–Crippen LogP) is 2.29. The van der Waals surface area contributed by atoms with Crippen LogP contribution in [-0.2, 0) is 14.3 Å². The Kier molecular flexibility index (Phi) is 5.99. The summed E-state index contributed by atoms with van der Waals surface area (Å²) in [7, 11) is 0. The van der Waals surface area contributed by atoms with Gasteiger partial charge in [0, 0.05) is 6.07 Å². The zero-order valence-corrected chi connectivity index (χ0v) is 12.8. The molecule has 2 rings (SSSR count). The number of anilines is 1. The van der Waals surface area contributed by atoms with Gasteiger partial charge in [0.15, 0.2) is 24.8 Å². The molecule has 130 valence electrons. The number of rotatable bonds is 7. The molecule has 0 aliphatic heterocycles. The Labute approximate surface area is 141 Å². The van der Waals surface area contributed by atoms with Crippen LogP contribution in [0.1, 0.15) is 0 Å². The number of nitrogens with zero attached hydrogens (tertiary/aromatic N) is 1. The molecular formula is C16H13FN2O6. The smallest absolute Gasteiger partial charge is 0.344 e. The fraction of sp³-hybridized carbons (Fsp3) is 0.125. The summed E-state index contributed by atoms with van der Waals surface area (Å²) in [5.41, 5.74) is -0.304. The lowest BCUT2D eigenvalue weighted by Gasteiger charge is -2.08. The summed E-state index contributed by atoms with van der Waals surface area (Å²) in [4.78, 5) is 33.4. The Bertz CT molecular complexity index is 796. The Morgan fingerprint density at radius 2 is 1.76 bits per heavy atom. The maximum atomic E-state index is 13.3. The first kappa shape index (κ1) is 17.9. The molecule has 0 aliphatic carbocycles. The molecule has 0 fully saturated rings. The first-order valence-electron chi connectivity index (χ1n) is 7.03. The number of esters is 1. The number of ether oxygens (including phenoxy) is 2. The third-order valence-corrected chi connectivity index (χ3v) is 2.92. The second-order valence-electron chi connectivity index (χ2n) is 4.70. The number of amides is 1. The highest BCUT2D eigenvalue weighted by Gasteiger charge is 2.16. The van der Waals surface area contributed by atoms with E-state index in [4.69, 9.17) is 4.74 Å². The van der Waals surface area contributed by atoms with E-state index in [0.29, 0.717) is 0 Å². The van der Waals surface area contributed by atoms with Crippen molar-refractivity contribution in [1.82, 2.24) is 0 Å². The number of para-hydroxylation sites is 3. The summed E-state index contributed by atoms with van der Waals surface area (Å²) in [6, 6.07) is 11.0. The van der Waals surface area contributed by atoms with Gasteiger partial charge in [0.1, 0.15) is 5.69 Å². The number of hydrogen-bond acceptors (Lipinski definition) is 6. The maximum absolute atomic E-state index is 13.3. The number of nitro groups is 1. The molecule has 0 saturated carbocycles. The van der Waals surface area contributed by atoms with Gasteiger partial charge in [-0.25, -0.2) is 9.18 Å². The van der Waals surface area contributed by atoms with E-state index in [1.54, 1.807) is 0 Å². The molecule has 25 heavy (non-hydrogen) atoms. The first-order chi connectivity index (χ1) is 12.0. The summed E-state index contributed by atoms with van der Waals surface area (Å²) in [6.07, 6.45) is 0. The van der Waals surface area contributed by atoms with Gasteiger partial charge >= 0.3 is 5.97 Å². The van der Waals surface area contributed by atoms with Gasteiger partial charge in [-0.2, -0.15) is 0 Å². The molecule has 2 aromatic carbocycles. The molecule has 8 nitrogen and oxygen atoms in total. The Morgan fingerprint density at radius 1 is 1.08 bits per heavy atom. The van der Waals surface area contributed by atoms with Gasteiger partial charge in [-0.05, 0) is 18.2 Å². The van der Waals surface area contributed by atoms with Crippen LogP contribution < -0.4 is 10.1 Å². The van der Waals surface area contributed by atoms with Crippen molar-refractivity contribution >= 4 is 23.3 Å². The lowest BCUT2D eigenvalue weighted by Crippen LogP contribution is -2.24. The number of nitrogens with one attached hydrogen (secondary N) is 1. The quantitative estimate of drug-likeness (QED) is 0.467. The normalized spacial score (nSPS) is 9.96. The van der Waals surface area contributed by atoms with Crippen molar-refractivity contribution in [3.8, 4) is 5.75 Å². The Morgan fingerprint density at radius 3 is 2.48 bits per heavy atom. The highest BCUT2D eigenvalue weighted by atomic mass is 19.1. The van der Waals surface area contributed by atoms with Crippen LogP contribution in [0.2, 0.25) is 0 Å². The van der Waals surface area contributed by atoms with Crippen LogP contribution >= 0.6 is 0 Å². The molecule has 0 aliphatic rings. The third-order valence-electron chi connectivity index (χ3n) is 2.92. The summed E-state index contributed by atoms with van der Waals surface area (Å²) in [5.74, 6) is -2.40. The lowest BCUT2D eigenvalue weighted by atomic mass is 10.2. The Balaban J connectivity index is 1.81. The molecule has 0 unspecified atom stereocenters. The molecule has 1 N–H and O–H groups in total. The summed E-state index contributed by atoms with van der Waals surface area (Å²) < 4.78 is 22.9. The van der Waals surface area contributed by atoms with Crippen molar-refractivity contribution < 1.29 is 28.4 Å². The topological polar surface area (TPSA) is 108 Å². The van der Waals surface area contributed by atoms with Crippen LogP contribution in [0.5, 0.6) is 5.75 Å². The van der Waals surface area contributed by atoms with Crippen LogP contribution in [0.3, 0.4) is 0 Å². The van der Waals surface area contributed by atoms with Crippen molar-refractivity contribution in [2.24, 2.45) is 0 Å². The molecule has 2 aromatic rings. The average Bonchev–Trinajstić information content (AvgIpc) is 2.59. The summed E-state index contributed by atoms with van der Waals surface area (Å²) in [5, 5.41) is 13.1. The van der Waals surface area contributed by atoms with Gasteiger partial charge in [0.25, 0.3) is 11.6 Å². The van der Waals surface area contributed by atoms with Crippen molar-refractivity contribution in [3.05, 3.63) is 64.5 Å². The van der Waals surface area contributed by atoms with Gasteiger partial charge in [-0.3, -0.25) is 14.9 Å². The minimum atomic E-state index is -0.888. The van der Waals surface area contributed by atoms with E-state index in [0.717, 1.165) is 0 Å². The van der Waals surface area contributed by atoms with Crippen molar-refractivity contribution in [2.45, 2.75) is 0 Å². The van der Waals surface area contributed by atoms with E-state index >= 15 is 0 Å². The lowest BCUT2D eigenvalue weighted by molar-refractivity contribution is -0.383. The van der Waals surface area contributed by atoms with E-state index in [1.807, 2.05) is 0 Å². The van der Waals surface area contributed by atoms with E-state index in [-0.39, 0.29) is 17.1 Å². The van der Waals surface area contributed by atoms with E-state index < -0.39 is 35.8 Å². The number of carbonyl (C=O) groups excluding carboxylic acids is 2. The zero-order valence-electron chi connectivity index (χ0n) is 12.8. The first-order valence-corrected chi connectivity index (χ1v) is 7.03. The standard InChI is InChI=1S/C16H13FN2O6/c17-11-5-1-4-8-14(11)24-10-16(21)25-9-15(20)18-12-6-2-3-7-13(12)19(22)23/h1-8H,9-10H2,(H,18,20). The molecule has 0 aromatic heterocycles. The van der Waals surface area contributed by atoms with E-state index in [2.05, 4.69) is 10.1 Å². The van der Waals surface area contributed by atoms with Crippen LogP contribution in [0.4, 0.5) is 15.8 Å². The second kappa shape index (κ2) is 8.39. The predicted molar refractivity (Wildman–Crippen MR) is 84.6 cm³/mol. The van der Waals surface area contributed by atoms with Crippen LogP contribution in [0.15, 0.2) is 48.5 Å². The van der Waals surface area contributed by atoms with E-state index in [1.165, 1.54) is 48.5 Å². The number of carbonyl (C=O) groups is 2. The van der Waals surface area contributed by atoms with Gasteiger partial charge in [-0.1, -0.05) is 24.3 Å². The number of halogens is 1. The number of benzene rings is 2. The molecule has 0 atom stereocenters. The number of nitro benzene ring substituents is 1. The maximum Gasteiger partial charge on any atom is 0.344 e. The Hall–Kier alpha value is -3.49. The van der Waals surface area contributed by atoms with Gasteiger partial charge < -0.3 is 14.8 Å². The fourth-order valence-electron chi connectivity index (χ4n) is 1.81. The van der Waals surface area contributed by atoms with Gasteiger partial charge in [0.2, 0.25) is 0 Å². The van der Waals surface area contributed by atoms with Crippen LogP contribution in [0.25, 0.3) is 0 Å². The van der Waals surface area contributed by atoms with Crippen molar-refractivity contribution in [1.29, 1.82) is 0 Å². The summed E-state index contributed by atoms with van der Waals surface area (Å²) >= 11 is 0. The molecule has 0 heterocycles. The fourth-order valence-corrected chi connectivity index (χ4v) is 1.81. The zero-order chi connectivity index (χ0) is 18.2. The minimum Gasteiger partial charge on any atom is -0.479 e. The van der Waals surface area contributed by atoms with Crippen LogP contribution in [-0.4, -0.2) is 30.0 Å². The third kappa shape index (κ3) is 5.27. The molecule has 0 bridgehead atoms. The SMILES string of the molecule is O=C(COC(=O)COc1ccccc1F)Nc1ccccc1[N+](=O)[O-]. The monoisotopic (exact) mass is 348 g/mol. The summed E-state index contributed by atoms with van der Waals surface area (Å²) in [6.45, 7) is -1.24. The average molecular weight is 348 g/mol.